The van der Waals surface area contributed by atoms with Crippen LogP contribution in [-0.4, -0.2) is 4.98 Å². The number of pyridine rings is 1. The van der Waals surface area contributed by atoms with Gasteiger partial charge in [0, 0.05) is 11.6 Å². The van der Waals surface area contributed by atoms with Crippen LogP contribution in [0.5, 0.6) is 0 Å². The van der Waals surface area contributed by atoms with Gasteiger partial charge in [-0.1, -0.05) is 18.2 Å². The monoisotopic (exact) mass is 183 g/mol. The van der Waals surface area contributed by atoms with Crippen molar-refractivity contribution >= 4 is 23.3 Å². The van der Waals surface area contributed by atoms with Crippen molar-refractivity contribution in [2.45, 2.75) is 0 Å². The van der Waals surface area contributed by atoms with E-state index in [0.717, 1.165) is 5.39 Å². The highest BCUT2D eigenvalue weighted by Gasteiger charge is 1.97. The van der Waals surface area contributed by atoms with E-state index in [0.29, 0.717) is 5.52 Å². The lowest BCUT2D eigenvalue weighted by atomic mass is 10.2. The van der Waals surface area contributed by atoms with E-state index in [9.17, 15) is 4.39 Å². The van der Waals surface area contributed by atoms with Crippen molar-refractivity contribution in [2.75, 3.05) is 0 Å². The first-order valence-electron chi connectivity index (χ1n) is 3.37. The van der Waals surface area contributed by atoms with Gasteiger partial charge in [0.1, 0.15) is 11.3 Å². The minimum absolute atomic E-state index is 0. The second-order valence-electron chi connectivity index (χ2n) is 2.31. The average molecular weight is 184 g/mol. The number of para-hydroxylation sites is 1. The summed E-state index contributed by atoms with van der Waals surface area (Å²) in [6, 6.07) is 8.56. The third-order valence-corrected chi connectivity index (χ3v) is 1.58. The van der Waals surface area contributed by atoms with Gasteiger partial charge < -0.3 is 0 Å². The van der Waals surface area contributed by atoms with E-state index in [4.69, 9.17) is 0 Å². The van der Waals surface area contributed by atoms with Crippen LogP contribution in [0, 0.1) is 5.82 Å². The lowest BCUT2D eigenvalue weighted by Crippen LogP contribution is -1.81. The molecule has 0 N–H and O–H groups in total. The van der Waals surface area contributed by atoms with Crippen LogP contribution in [0.25, 0.3) is 10.9 Å². The highest BCUT2D eigenvalue weighted by atomic mass is 35.5. The van der Waals surface area contributed by atoms with Crippen molar-refractivity contribution in [3.63, 3.8) is 0 Å². The predicted molar refractivity (Wildman–Crippen MR) is 48.9 cm³/mol. The highest BCUT2D eigenvalue weighted by Crippen LogP contribution is 2.13. The lowest BCUT2D eigenvalue weighted by molar-refractivity contribution is 0.637. The third kappa shape index (κ3) is 1.38. The molecule has 0 fully saturated rings. The van der Waals surface area contributed by atoms with Crippen LogP contribution < -0.4 is 0 Å². The molecule has 1 aromatic heterocycles. The zero-order chi connectivity index (χ0) is 7.68. The molecule has 3 heteroatoms. The Bertz CT molecular complexity index is 384. The quantitative estimate of drug-likeness (QED) is 0.612. The molecule has 0 atom stereocenters. The molecule has 12 heavy (non-hydrogen) atoms. The van der Waals surface area contributed by atoms with Gasteiger partial charge in [0.05, 0.1) is 0 Å². The van der Waals surface area contributed by atoms with Crippen LogP contribution in [-0.2, 0) is 0 Å². The number of benzene rings is 1. The summed E-state index contributed by atoms with van der Waals surface area (Å²) in [4.78, 5) is 3.91. The fraction of sp³-hybridized carbons (Fsp3) is 0. The zero-order valence-electron chi connectivity index (χ0n) is 6.20. The lowest BCUT2D eigenvalue weighted by Gasteiger charge is -1.94. The van der Waals surface area contributed by atoms with Gasteiger partial charge in [-0.2, -0.15) is 0 Å². The number of rotatable bonds is 0. The largest absolute Gasteiger partial charge is 0.253 e. The molecule has 0 aliphatic rings. The molecule has 0 saturated heterocycles. The minimum Gasteiger partial charge on any atom is -0.253 e. The number of hydrogen-bond donors (Lipinski definition) is 0. The molecule has 2 rings (SSSR count). The summed E-state index contributed by atoms with van der Waals surface area (Å²) >= 11 is 0. The molecule has 0 radical (unpaired) electrons. The molecule has 0 bridgehead atoms. The Morgan fingerprint density at radius 3 is 2.58 bits per heavy atom. The molecule has 1 heterocycles. The fourth-order valence-corrected chi connectivity index (χ4v) is 1.07. The van der Waals surface area contributed by atoms with E-state index in [1.54, 1.807) is 18.3 Å². The topological polar surface area (TPSA) is 12.9 Å². The first kappa shape index (κ1) is 8.94. The van der Waals surface area contributed by atoms with Crippen LogP contribution in [0.2, 0.25) is 0 Å². The normalized spacial score (nSPS) is 9.42. The Labute approximate surface area is 75.7 Å². The zero-order valence-corrected chi connectivity index (χ0v) is 7.01. The number of fused-ring (bicyclic) bond motifs is 1. The average Bonchev–Trinajstić information content (AvgIpc) is 2.06. The molecule has 0 saturated carbocycles. The Balaban J connectivity index is 0.000000720. The SMILES string of the molecule is Cl.Fc1cccc2cccnc12. The molecule has 0 spiro atoms. The molecule has 1 aromatic carbocycles. The first-order chi connectivity index (χ1) is 5.38. The smallest absolute Gasteiger partial charge is 0.149 e. The molecule has 62 valence electrons. The predicted octanol–water partition coefficient (Wildman–Crippen LogP) is 2.80. The maximum absolute atomic E-state index is 12.9. The fourth-order valence-electron chi connectivity index (χ4n) is 1.07. The summed E-state index contributed by atoms with van der Waals surface area (Å²) in [6.07, 6.45) is 1.59. The maximum Gasteiger partial charge on any atom is 0.149 e. The van der Waals surface area contributed by atoms with E-state index in [1.807, 2.05) is 12.1 Å². The van der Waals surface area contributed by atoms with Crippen LogP contribution in [0.15, 0.2) is 36.5 Å². The summed E-state index contributed by atoms with van der Waals surface area (Å²) in [7, 11) is 0. The number of nitrogens with zero attached hydrogens (tertiary/aromatic N) is 1. The third-order valence-electron chi connectivity index (χ3n) is 1.58. The Morgan fingerprint density at radius 1 is 1.08 bits per heavy atom. The summed E-state index contributed by atoms with van der Waals surface area (Å²) < 4.78 is 12.9. The molecule has 2 aromatic rings. The molecular weight excluding hydrogens is 177 g/mol. The first-order valence-corrected chi connectivity index (χ1v) is 3.37. The number of hydrogen-bond acceptors (Lipinski definition) is 1. The molecule has 0 unspecified atom stereocenters. The molecule has 0 amide bonds. The van der Waals surface area contributed by atoms with Crippen LogP contribution in [0.4, 0.5) is 4.39 Å². The maximum atomic E-state index is 12.9. The van der Waals surface area contributed by atoms with E-state index >= 15 is 0 Å². The molecule has 1 nitrogen and oxygen atoms in total. The Hall–Kier alpha value is -1.15. The van der Waals surface area contributed by atoms with Gasteiger partial charge in [0.15, 0.2) is 0 Å². The van der Waals surface area contributed by atoms with Crippen molar-refractivity contribution < 1.29 is 4.39 Å². The molecule has 0 aliphatic carbocycles. The summed E-state index contributed by atoms with van der Waals surface area (Å²) in [6.45, 7) is 0. The van der Waals surface area contributed by atoms with Gasteiger partial charge in [-0.15, -0.1) is 12.4 Å². The van der Waals surface area contributed by atoms with Gasteiger partial charge in [-0.05, 0) is 12.1 Å². The summed E-state index contributed by atoms with van der Waals surface area (Å²) in [5, 5.41) is 0.840. The van der Waals surface area contributed by atoms with Crippen molar-refractivity contribution in [2.24, 2.45) is 0 Å². The molecule has 0 aliphatic heterocycles. The van der Waals surface area contributed by atoms with E-state index < -0.39 is 0 Å². The van der Waals surface area contributed by atoms with Crippen molar-refractivity contribution in [3.05, 3.63) is 42.3 Å². The van der Waals surface area contributed by atoms with Crippen LogP contribution in [0.3, 0.4) is 0 Å². The van der Waals surface area contributed by atoms with Gasteiger partial charge in [-0.3, -0.25) is 4.98 Å². The van der Waals surface area contributed by atoms with Gasteiger partial charge in [0.25, 0.3) is 0 Å². The number of halogens is 2. The van der Waals surface area contributed by atoms with Crippen molar-refractivity contribution in [1.29, 1.82) is 0 Å². The Morgan fingerprint density at radius 2 is 1.83 bits per heavy atom. The van der Waals surface area contributed by atoms with E-state index in [-0.39, 0.29) is 18.2 Å². The van der Waals surface area contributed by atoms with Crippen LogP contribution in [0.1, 0.15) is 0 Å². The second-order valence-corrected chi connectivity index (χ2v) is 2.31. The highest BCUT2D eigenvalue weighted by molar-refractivity contribution is 5.85. The van der Waals surface area contributed by atoms with Gasteiger partial charge in [-0.25, -0.2) is 4.39 Å². The number of aromatic nitrogens is 1. The second kappa shape index (κ2) is 3.50. The van der Waals surface area contributed by atoms with Crippen molar-refractivity contribution in [1.82, 2.24) is 4.98 Å². The Kier molecular flexibility index (Phi) is 2.61. The molecular formula is C9H7ClFN. The van der Waals surface area contributed by atoms with Gasteiger partial charge in [0.2, 0.25) is 0 Å². The standard InChI is InChI=1S/C9H6FN.ClH/c10-8-5-1-3-7-4-2-6-11-9(7)8;/h1-6H;1H. The van der Waals surface area contributed by atoms with E-state index in [2.05, 4.69) is 4.98 Å². The van der Waals surface area contributed by atoms with E-state index in [1.165, 1.54) is 6.07 Å². The van der Waals surface area contributed by atoms with Crippen LogP contribution >= 0.6 is 12.4 Å². The van der Waals surface area contributed by atoms with Gasteiger partial charge >= 0.3 is 0 Å². The van der Waals surface area contributed by atoms with Crippen molar-refractivity contribution in [3.8, 4) is 0 Å². The summed E-state index contributed by atoms with van der Waals surface area (Å²) in [5.41, 5.74) is 0.440. The minimum atomic E-state index is -0.261. The summed E-state index contributed by atoms with van der Waals surface area (Å²) in [5.74, 6) is -0.261.